The van der Waals surface area contributed by atoms with Crippen LogP contribution in [-0.2, 0) is 6.54 Å². The van der Waals surface area contributed by atoms with Gasteiger partial charge in [-0.15, -0.1) is 0 Å². The van der Waals surface area contributed by atoms with Crippen molar-refractivity contribution >= 4 is 11.7 Å². The van der Waals surface area contributed by atoms with Crippen molar-refractivity contribution in [1.29, 1.82) is 0 Å². The average molecular weight is 300 g/mol. The molecule has 1 N–H and O–H groups in total. The van der Waals surface area contributed by atoms with E-state index in [2.05, 4.69) is 27.1 Å². The van der Waals surface area contributed by atoms with E-state index in [9.17, 15) is 4.79 Å². The first kappa shape index (κ1) is 14.6. The number of furan rings is 1. The van der Waals surface area contributed by atoms with Crippen molar-refractivity contribution in [2.75, 3.05) is 38.1 Å². The van der Waals surface area contributed by atoms with Gasteiger partial charge >= 0.3 is 0 Å². The Morgan fingerprint density at radius 2 is 2.14 bits per heavy atom. The number of amides is 1. The largest absolute Gasteiger partial charge is 0.459 e. The number of aromatic nitrogens is 1. The Morgan fingerprint density at radius 3 is 2.86 bits per heavy atom. The molecule has 6 heteroatoms. The van der Waals surface area contributed by atoms with Crippen LogP contribution in [0.2, 0.25) is 0 Å². The first-order valence-electron chi connectivity index (χ1n) is 7.42. The Labute approximate surface area is 129 Å². The third-order valence-corrected chi connectivity index (χ3v) is 3.84. The van der Waals surface area contributed by atoms with E-state index in [0.717, 1.165) is 37.6 Å². The summed E-state index contributed by atoms with van der Waals surface area (Å²) in [6.45, 7) is 4.50. The predicted octanol–water partition coefficient (Wildman–Crippen LogP) is 1.36. The lowest BCUT2D eigenvalue weighted by Crippen LogP contribution is -2.44. The number of nitrogens with one attached hydrogen (secondary N) is 1. The van der Waals surface area contributed by atoms with Crippen LogP contribution in [0.25, 0.3) is 0 Å². The maximum atomic E-state index is 11.9. The minimum atomic E-state index is -0.206. The smallest absolute Gasteiger partial charge is 0.287 e. The number of nitrogens with zero attached hydrogens (tertiary/aromatic N) is 3. The summed E-state index contributed by atoms with van der Waals surface area (Å²) in [4.78, 5) is 20.9. The van der Waals surface area contributed by atoms with Crippen LogP contribution in [0.3, 0.4) is 0 Å². The molecule has 0 aliphatic carbocycles. The summed E-state index contributed by atoms with van der Waals surface area (Å²) < 4.78 is 5.08. The van der Waals surface area contributed by atoms with Crippen molar-refractivity contribution in [1.82, 2.24) is 15.2 Å². The van der Waals surface area contributed by atoms with Gasteiger partial charge in [0.05, 0.1) is 6.26 Å². The number of hydrogen-bond donors (Lipinski definition) is 1. The van der Waals surface area contributed by atoms with Crippen LogP contribution in [0.5, 0.6) is 0 Å². The number of pyridine rings is 1. The summed E-state index contributed by atoms with van der Waals surface area (Å²) in [5, 5.41) is 2.85. The molecule has 1 saturated heterocycles. The molecule has 0 radical (unpaired) electrons. The monoisotopic (exact) mass is 300 g/mol. The zero-order valence-electron chi connectivity index (χ0n) is 12.7. The number of hydrogen-bond acceptors (Lipinski definition) is 5. The van der Waals surface area contributed by atoms with Gasteiger partial charge in [-0.1, -0.05) is 0 Å². The van der Waals surface area contributed by atoms with Crippen molar-refractivity contribution in [3.05, 3.63) is 48.0 Å². The van der Waals surface area contributed by atoms with Crippen LogP contribution in [0.15, 0.2) is 41.1 Å². The Hall–Kier alpha value is -2.34. The van der Waals surface area contributed by atoms with Gasteiger partial charge in [0, 0.05) is 38.9 Å². The minimum absolute atomic E-state index is 0.206. The number of carbonyl (C=O) groups is 1. The maximum Gasteiger partial charge on any atom is 0.287 e. The van der Waals surface area contributed by atoms with E-state index >= 15 is 0 Å². The van der Waals surface area contributed by atoms with Gasteiger partial charge in [0.2, 0.25) is 0 Å². The first-order chi connectivity index (χ1) is 10.7. The maximum absolute atomic E-state index is 11.9. The highest BCUT2D eigenvalue weighted by molar-refractivity contribution is 5.91. The highest BCUT2D eigenvalue weighted by atomic mass is 16.3. The quantitative estimate of drug-likeness (QED) is 0.923. The third-order valence-electron chi connectivity index (χ3n) is 3.84. The Morgan fingerprint density at radius 1 is 1.32 bits per heavy atom. The van der Waals surface area contributed by atoms with Gasteiger partial charge in [-0.3, -0.25) is 4.79 Å². The molecule has 0 atom stereocenters. The fourth-order valence-electron chi connectivity index (χ4n) is 2.46. The lowest BCUT2D eigenvalue weighted by Gasteiger charge is -2.33. The highest BCUT2D eigenvalue weighted by Gasteiger charge is 2.15. The second-order valence-electron chi connectivity index (χ2n) is 5.47. The summed E-state index contributed by atoms with van der Waals surface area (Å²) in [5.74, 6) is 1.09. The number of likely N-dealkylation sites (N-methyl/N-ethyl adjacent to an activating group) is 1. The van der Waals surface area contributed by atoms with Crippen LogP contribution in [0.1, 0.15) is 16.1 Å². The molecule has 3 heterocycles. The van der Waals surface area contributed by atoms with Crippen molar-refractivity contribution in [3.8, 4) is 0 Å². The molecule has 116 valence electrons. The van der Waals surface area contributed by atoms with E-state index in [1.54, 1.807) is 18.3 Å². The topological polar surface area (TPSA) is 61.6 Å². The van der Waals surface area contributed by atoms with Crippen LogP contribution in [-0.4, -0.2) is 49.0 Å². The third kappa shape index (κ3) is 3.46. The standard InChI is InChI=1S/C16H20N4O2/c1-19-6-8-20(9-7-19)15-11-13(4-5-17-15)12-18-16(21)14-3-2-10-22-14/h2-5,10-11H,6-9,12H2,1H3,(H,18,21). The number of anilines is 1. The minimum Gasteiger partial charge on any atom is -0.459 e. The molecule has 1 aliphatic heterocycles. The first-order valence-corrected chi connectivity index (χ1v) is 7.42. The van der Waals surface area contributed by atoms with Crippen LogP contribution >= 0.6 is 0 Å². The van der Waals surface area contributed by atoms with Gasteiger partial charge in [0.25, 0.3) is 5.91 Å². The molecule has 22 heavy (non-hydrogen) atoms. The van der Waals surface area contributed by atoms with Gasteiger partial charge in [-0.2, -0.15) is 0 Å². The van der Waals surface area contributed by atoms with E-state index in [1.807, 2.05) is 12.1 Å². The molecule has 1 amide bonds. The van der Waals surface area contributed by atoms with Crippen molar-refractivity contribution < 1.29 is 9.21 Å². The molecule has 2 aromatic heterocycles. The Bertz CT molecular complexity index is 619. The summed E-state index contributed by atoms with van der Waals surface area (Å²) in [6.07, 6.45) is 3.29. The Kier molecular flexibility index (Phi) is 4.39. The predicted molar refractivity (Wildman–Crippen MR) is 83.8 cm³/mol. The molecular weight excluding hydrogens is 280 g/mol. The van der Waals surface area contributed by atoms with Crippen LogP contribution < -0.4 is 10.2 Å². The van der Waals surface area contributed by atoms with E-state index in [0.29, 0.717) is 12.3 Å². The molecule has 1 fully saturated rings. The summed E-state index contributed by atoms with van der Waals surface area (Å²) in [6, 6.07) is 7.31. The SMILES string of the molecule is CN1CCN(c2cc(CNC(=O)c3ccco3)ccn2)CC1. The van der Waals surface area contributed by atoms with Crippen LogP contribution in [0.4, 0.5) is 5.82 Å². The second kappa shape index (κ2) is 6.62. The zero-order valence-corrected chi connectivity index (χ0v) is 12.7. The molecule has 0 spiro atoms. The van der Waals surface area contributed by atoms with Gasteiger partial charge in [-0.25, -0.2) is 4.98 Å². The summed E-state index contributed by atoms with van der Waals surface area (Å²) >= 11 is 0. The van der Waals surface area contributed by atoms with E-state index in [4.69, 9.17) is 4.42 Å². The van der Waals surface area contributed by atoms with Crippen LogP contribution in [0, 0.1) is 0 Å². The molecule has 0 saturated carbocycles. The summed E-state index contributed by atoms with van der Waals surface area (Å²) in [7, 11) is 2.13. The van der Waals surface area contributed by atoms with Crippen molar-refractivity contribution in [2.45, 2.75) is 6.54 Å². The lowest BCUT2D eigenvalue weighted by atomic mass is 10.2. The molecule has 3 rings (SSSR count). The second-order valence-corrected chi connectivity index (χ2v) is 5.47. The fourth-order valence-corrected chi connectivity index (χ4v) is 2.46. The van der Waals surface area contributed by atoms with Crippen molar-refractivity contribution in [2.24, 2.45) is 0 Å². The number of piperazine rings is 1. The molecular formula is C16H20N4O2. The van der Waals surface area contributed by atoms with E-state index < -0.39 is 0 Å². The van der Waals surface area contributed by atoms with E-state index in [-0.39, 0.29) is 5.91 Å². The van der Waals surface area contributed by atoms with Gasteiger partial charge < -0.3 is 19.5 Å². The fraction of sp³-hybridized carbons (Fsp3) is 0.375. The summed E-state index contributed by atoms with van der Waals surface area (Å²) in [5.41, 5.74) is 1.03. The highest BCUT2D eigenvalue weighted by Crippen LogP contribution is 2.14. The lowest BCUT2D eigenvalue weighted by molar-refractivity contribution is 0.0923. The number of carbonyl (C=O) groups excluding carboxylic acids is 1. The molecule has 1 aliphatic rings. The molecule has 2 aromatic rings. The Balaban J connectivity index is 1.60. The number of rotatable bonds is 4. The zero-order chi connectivity index (χ0) is 15.4. The average Bonchev–Trinajstić information content (AvgIpc) is 3.08. The van der Waals surface area contributed by atoms with Gasteiger partial charge in [0.1, 0.15) is 5.82 Å². The normalized spacial score (nSPS) is 15.8. The van der Waals surface area contributed by atoms with Gasteiger partial charge in [0.15, 0.2) is 5.76 Å². The molecule has 0 unspecified atom stereocenters. The molecule has 0 bridgehead atoms. The van der Waals surface area contributed by atoms with Gasteiger partial charge in [-0.05, 0) is 36.9 Å². The molecule has 6 nitrogen and oxygen atoms in total. The van der Waals surface area contributed by atoms with Crippen molar-refractivity contribution in [3.63, 3.8) is 0 Å². The van der Waals surface area contributed by atoms with E-state index in [1.165, 1.54) is 6.26 Å². The molecule has 0 aromatic carbocycles.